The van der Waals surface area contributed by atoms with Crippen LogP contribution in [0.2, 0.25) is 0 Å². The molecule has 0 atom stereocenters. The van der Waals surface area contributed by atoms with Gasteiger partial charge in [0.2, 0.25) is 0 Å². The van der Waals surface area contributed by atoms with E-state index in [1.54, 1.807) is 7.11 Å². The van der Waals surface area contributed by atoms with E-state index in [1.807, 2.05) is 44.3 Å². The molecule has 0 spiro atoms. The van der Waals surface area contributed by atoms with Gasteiger partial charge in [0.05, 0.1) is 6.61 Å². The number of nitrogens with one attached hydrogen (secondary N) is 1. The number of benzene rings is 1. The van der Waals surface area contributed by atoms with Crippen LogP contribution in [-0.2, 0) is 17.8 Å². The van der Waals surface area contributed by atoms with Crippen molar-refractivity contribution in [1.82, 2.24) is 9.97 Å². The Hall–Kier alpha value is -2.14. The highest BCUT2D eigenvalue weighted by molar-refractivity contribution is 5.34. The molecular weight excluding hydrogens is 266 g/mol. The van der Waals surface area contributed by atoms with E-state index in [0.29, 0.717) is 12.4 Å². The summed E-state index contributed by atoms with van der Waals surface area (Å²) in [5.41, 5.74) is 2.15. The number of methoxy groups -OCH3 is 1. The molecule has 0 radical (unpaired) electrons. The molecule has 1 heterocycles. The molecule has 5 heteroatoms. The molecule has 0 amide bonds. The van der Waals surface area contributed by atoms with Gasteiger partial charge in [-0.3, -0.25) is 0 Å². The van der Waals surface area contributed by atoms with Crippen molar-refractivity contribution >= 4 is 5.82 Å². The van der Waals surface area contributed by atoms with Gasteiger partial charge in [-0.2, -0.15) is 0 Å². The molecule has 0 aliphatic heterocycles. The molecule has 21 heavy (non-hydrogen) atoms. The topological polar surface area (TPSA) is 56.3 Å². The van der Waals surface area contributed by atoms with E-state index in [1.165, 1.54) is 5.56 Å². The highest BCUT2D eigenvalue weighted by Gasteiger charge is 2.03. The van der Waals surface area contributed by atoms with Gasteiger partial charge in [0, 0.05) is 25.9 Å². The average Bonchev–Trinajstić information content (AvgIpc) is 2.51. The minimum absolute atomic E-state index is 0.355. The monoisotopic (exact) mass is 287 g/mol. The van der Waals surface area contributed by atoms with Crippen LogP contribution in [0.4, 0.5) is 5.82 Å². The summed E-state index contributed by atoms with van der Waals surface area (Å²) in [4.78, 5) is 8.72. The number of hydrogen-bond donors (Lipinski definition) is 1. The third kappa shape index (κ3) is 4.72. The zero-order valence-electron chi connectivity index (χ0n) is 12.7. The Morgan fingerprint density at radius 1 is 1.14 bits per heavy atom. The van der Waals surface area contributed by atoms with Crippen molar-refractivity contribution in [2.75, 3.05) is 26.1 Å². The van der Waals surface area contributed by atoms with E-state index in [-0.39, 0.29) is 0 Å². The SMILES string of the molecule is CNc1cc(C)nc(COc2ccc(CCOC)cc2)n1. The lowest BCUT2D eigenvalue weighted by molar-refractivity contribution is 0.202. The van der Waals surface area contributed by atoms with E-state index >= 15 is 0 Å². The molecule has 0 saturated carbocycles. The van der Waals surface area contributed by atoms with Crippen LogP contribution in [0.1, 0.15) is 17.1 Å². The van der Waals surface area contributed by atoms with Crippen molar-refractivity contribution in [2.45, 2.75) is 20.0 Å². The second-order valence-electron chi connectivity index (χ2n) is 4.74. The van der Waals surface area contributed by atoms with Crippen LogP contribution in [0.15, 0.2) is 30.3 Å². The molecule has 112 valence electrons. The van der Waals surface area contributed by atoms with Crippen LogP contribution >= 0.6 is 0 Å². The summed E-state index contributed by atoms with van der Waals surface area (Å²) in [6.07, 6.45) is 0.906. The molecule has 1 aromatic heterocycles. The quantitative estimate of drug-likeness (QED) is 0.848. The summed E-state index contributed by atoms with van der Waals surface area (Å²) in [5, 5.41) is 3.01. The molecule has 0 saturated heterocycles. The maximum atomic E-state index is 5.72. The summed E-state index contributed by atoms with van der Waals surface area (Å²) < 4.78 is 10.8. The van der Waals surface area contributed by atoms with Gasteiger partial charge in [-0.15, -0.1) is 0 Å². The summed E-state index contributed by atoms with van der Waals surface area (Å²) in [7, 11) is 3.55. The smallest absolute Gasteiger partial charge is 0.168 e. The molecule has 0 unspecified atom stereocenters. The lowest BCUT2D eigenvalue weighted by Crippen LogP contribution is -2.05. The molecule has 1 aromatic carbocycles. The van der Waals surface area contributed by atoms with Crippen molar-refractivity contribution < 1.29 is 9.47 Å². The van der Waals surface area contributed by atoms with Crippen molar-refractivity contribution in [3.8, 4) is 5.75 Å². The van der Waals surface area contributed by atoms with Gasteiger partial charge in [-0.1, -0.05) is 12.1 Å². The first-order chi connectivity index (χ1) is 10.2. The number of hydrogen-bond acceptors (Lipinski definition) is 5. The summed E-state index contributed by atoms with van der Waals surface area (Å²) in [5.74, 6) is 2.28. The van der Waals surface area contributed by atoms with Gasteiger partial charge in [-0.05, 0) is 31.0 Å². The average molecular weight is 287 g/mol. The van der Waals surface area contributed by atoms with Crippen LogP contribution in [0, 0.1) is 6.92 Å². The molecule has 0 bridgehead atoms. The first kappa shape index (κ1) is 15.3. The zero-order chi connectivity index (χ0) is 15.1. The van der Waals surface area contributed by atoms with Crippen molar-refractivity contribution in [1.29, 1.82) is 0 Å². The van der Waals surface area contributed by atoms with Gasteiger partial charge in [0.15, 0.2) is 5.82 Å². The number of anilines is 1. The Balaban J connectivity index is 1.95. The normalized spacial score (nSPS) is 10.4. The minimum atomic E-state index is 0.355. The van der Waals surface area contributed by atoms with Gasteiger partial charge in [-0.25, -0.2) is 9.97 Å². The van der Waals surface area contributed by atoms with Crippen molar-refractivity contribution in [2.24, 2.45) is 0 Å². The van der Waals surface area contributed by atoms with Gasteiger partial charge >= 0.3 is 0 Å². The van der Waals surface area contributed by atoms with Crippen LogP contribution < -0.4 is 10.1 Å². The molecule has 1 N–H and O–H groups in total. The Morgan fingerprint density at radius 2 is 1.90 bits per heavy atom. The minimum Gasteiger partial charge on any atom is -0.486 e. The van der Waals surface area contributed by atoms with Crippen LogP contribution in [0.5, 0.6) is 5.75 Å². The number of rotatable bonds is 7. The lowest BCUT2D eigenvalue weighted by Gasteiger charge is -2.08. The van der Waals surface area contributed by atoms with Gasteiger partial charge in [0.1, 0.15) is 18.2 Å². The van der Waals surface area contributed by atoms with Crippen molar-refractivity contribution in [3.63, 3.8) is 0 Å². The third-order valence-electron chi connectivity index (χ3n) is 3.04. The molecule has 0 aliphatic rings. The Kier molecular flexibility index (Phi) is 5.51. The first-order valence-electron chi connectivity index (χ1n) is 6.94. The maximum absolute atomic E-state index is 5.72. The van der Waals surface area contributed by atoms with Gasteiger partial charge in [0.25, 0.3) is 0 Å². The summed E-state index contributed by atoms with van der Waals surface area (Å²) in [6.45, 7) is 3.02. The predicted octanol–water partition coefficient (Wildman–Crippen LogP) is 2.59. The molecular formula is C16H21N3O2. The second kappa shape index (κ2) is 7.59. The number of nitrogens with zero attached hydrogens (tertiary/aromatic N) is 2. The van der Waals surface area contributed by atoms with Crippen LogP contribution in [-0.4, -0.2) is 30.7 Å². The second-order valence-corrected chi connectivity index (χ2v) is 4.74. The number of aryl methyl sites for hydroxylation is 1. The summed E-state index contributed by atoms with van der Waals surface area (Å²) >= 11 is 0. The van der Waals surface area contributed by atoms with E-state index in [2.05, 4.69) is 15.3 Å². The van der Waals surface area contributed by atoms with E-state index < -0.39 is 0 Å². The highest BCUT2D eigenvalue weighted by Crippen LogP contribution is 2.14. The lowest BCUT2D eigenvalue weighted by atomic mass is 10.1. The molecule has 0 aliphatic carbocycles. The fourth-order valence-electron chi connectivity index (χ4n) is 1.94. The van der Waals surface area contributed by atoms with E-state index in [0.717, 1.165) is 30.3 Å². The van der Waals surface area contributed by atoms with Gasteiger partial charge < -0.3 is 14.8 Å². The van der Waals surface area contributed by atoms with Crippen molar-refractivity contribution in [3.05, 3.63) is 47.4 Å². The standard InChI is InChI=1S/C16H21N3O2/c1-12-10-15(17-2)19-16(18-12)11-21-14-6-4-13(5-7-14)8-9-20-3/h4-7,10H,8-9,11H2,1-3H3,(H,17,18,19). The Morgan fingerprint density at radius 3 is 2.57 bits per heavy atom. The number of aromatic nitrogens is 2. The highest BCUT2D eigenvalue weighted by atomic mass is 16.5. The molecule has 2 rings (SSSR count). The number of ether oxygens (including phenoxy) is 2. The Labute approximate surface area is 125 Å². The van der Waals surface area contributed by atoms with Crippen LogP contribution in [0.3, 0.4) is 0 Å². The van der Waals surface area contributed by atoms with E-state index in [4.69, 9.17) is 9.47 Å². The largest absolute Gasteiger partial charge is 0.486 e. The van der Waals surface area contributed by atoms with E-state index in [9.17, 15) is 0 Å². The zero-order valence-corrected chi connectivity index (χ0v) is 12.7. The van der Waals surface area contributed by atoms with Crippen LogP contribution in [0.25, 0.3) is 0 Å². The molecule has 0 fully saturated rings. The molecule has 2 aromatic rings. The summed E-state index contributed by atoms with van der Waals surface area (Å²) in [6, 6.07) is 9.91. The predicted molar refractivity (Wildman–Crippen MR) is 82.7 cm³/mol. The third-order valence-corrected chi connectivity index (χ3v) is 3.04. The maximum Gasteiger partial charge on any atom is 0.168 e. The fourth-order valence-corrected chi connectivity index (χ4v) is 1.94. The first-order valence-corrected chi connectivity index (χ1v) is 6.94. The fraction of sp³-hybridized carbons (Fsp3) is 0.375. The Bertz CT molecular complexity index is 570. The molecule has 5 nitrogen and oxygen atoms in total.